The van der Waals surface area contributed by atoms with Crippen molar-refractivity contribution in [2.75, 3.05) is 0 Å². The Morgan fingerprint density at radius 2 is 2.21 bits per heavy atom. The lowest BCUT2D eigenvalue weighted by molar-refractivity contribution is 0.101. The van der Waals surface area contributed by atoms with Gasteiger partial charge >= 0.3 is 0 Å². The molecule has 2 rings (SSSR count). The van der Waals surface area contributed by atoms with Crippen LogP contribution in [0.3, 0.4) is 0 Å². The van der Waals surface area contributed by atoms with Crippen molar-refractivity contribution < 1.29 is 4.79 Å². The van der Waals surface area contributed by atoms with E-state index in [-0.39, 0.29) is 5.78 Å². The van der Waals surface area contributed by atoms with Gasteiger partial charge in [-0.05, 0) is 19.1 Å². The van der Waals surface area contributed by atoms with Gasteiger partial charge in [-0.3, -0.25) is 9.20 Å². The Morgan fingerprint density at radius 1 is 1.50 bits per heavy atom. The third kappa shape index (κ3) is 1.21. The summed E-state index contributed by atoms with van der Waals surface area (Å²) in [5, 5.41) is 0.637. The number of fused-ring (bicyclic) bond motifs is 1. The summed E-state index contributed by atoms with van der Waals surface area (Å²) in [7, 11) is 0. The summed E-state index contributed by atoms with van der Waals surface area (Å²) >= 11 is 5.96. The van der Waals surface area contributed by atoms with E-state index in [2.05, 4.69) is 4.98 Å². The zero-order valence-corrected chi connectivity index (χ0v) is 8.67. The lowest BCUT2D eigenvalue weighted by Crippen LogP contribution is -2.01. The first-order chi connectivity index (χ1) is 6.61. The normalized spacial score (nSPS) is 10.8. The van der Waals surface area contributed by atoms with Gasteiger partial charge in [-0.25, -0.2) is 4.98 Å². The predicted molar refractivity (Wildman–Crippen MR) is 54.9 cm³/mol. The monoisotopic (exact) mass is 208 g/mol. The van der Waals surface area contributed by atoms with Crippen molar-refractivity contribution in [1.29, 1.82) is 0 Å². The molecule has 2 aromatic rings. The first-order valence-corrected chi connectivity index (χ1v) is 4.62. The number of pyridine rings is 1. The lowest BCUT2D eigenvalue weighted by atomic mass is 10.3. The molecule has 0 spiro atoms. The number of ketones is 1. The Balaban J connectivity index is 2.89. The molecule has 0 aliphatic carbocycles. The molecule has 0 fully saturated rings. The van der Waals surface area contributed by atoms with Gasteiger partial charge in [-0.1, -0.05) is 11.6 Å². The van der Waals surface area contributed by atoms with Crippen molar-refractivity contribution in [3.05, 3.63) is 34.7 Å². The Kier molecular flexibility index (Phi) is 2.04. The maximum absolute atomic E-state index is 11.3. The molecule has 0 saturated heterocycles. The molecule has 0 bridgehead atoms. The smallest absolute Gasteiger partial charge is 0.178 e. The molecule has 0 unspecified atom stereocenters. The Labute approximate surface area is 86.3 Å². The average Bonchev–Trinajstić information content (AvgIpc) is 2.55. The van der Waals surface area contributed by atoms with Crippen LogP contribution >= 0.6 is 11.6 Å². The van der Waals surface area contributed by atoms with Crippen LogP contribution in [0.5, 0.6) is 0 Å². The maximum atomic E-state index is 11.3. The highest BCUT2D eigenvalue weighted by atomic mass is 35.5. The van der Waals surface area contributed by atoms with Crippen molar-refractivity contribution in [2.45, 2.75) is 13.8 Å². The summed E-state index contributed by atoms with van der Waals surface area (Å²) < 4.78 is 1.77. The molecule has 0 aliphatic rings. The van der Waals surface area contributed by atoms with E-state index in [4.69, 9.17) is 11.6 Å². The number of nitrogens with zero attached hydrogens (tertiary/aromatic N) is 2. The van der Waals surface area contributed by atoms with Crippen LogP contribution in [0.15, 0.2) is 18.3 Å². The number of imidazole rings is 1. The van der Waals surface area contributed by atoms with Gasteiger partial charge in [0.25, 0.3) is 0 Å². The van der Waals surface area contributed by atoms with Gasteiger partial charge in [0.1, 0.15) is 11.3 Å². The Morgan fingerprint density at radius 3 is 2.86 bits per heavy atom. The number of hydrogen-bond acceptors (Lipinski definition) is 2. The van der Waals surface area contributed by atoms with E-state index in [1.807, 2.05) is 6.92 Å². The van der Waals surface area contributed by atoms with E-state index in [0.29, 0.717) is 10.7 Å². The third-order valence-electron chi connectivity index (χ3n) is 2.21. The number of halogens is 1. The first kappa shape index (κ1) is 9.21. The first-order valence-electron chi connectivity index (χ1n) is 4.25. The zero-order chi connectivity index (χ0) is 10.3. The van der Waals surface area contributed by atoms with Crippen molar-refractivity contribution >= 4 is 23.0 Å². The second kappa shape index (κ2) is 3.10. The topological polar surface area (TPSA) is 34.4 Å². The highest BCUT2D eigenvalue weighted by molar-refractivity contribution is 6.31. The molecule has 0 amide bonds. The minimum Gasteiger partial charge on any atom is -0.293 e. The molecule has 0 saturated carbocycles. The fraction of sp³-hybridized carbons (Fsp3) is 0.200. The summed E-state index contributed by atoms with van der Waals surface area (Å²) in [6.45, 7) is 3.38. The number of aryl methyl sites for hydroxylation is 1. The summed E-state index contributed by atoms with van der Waals surface area (Å²) in [6, 6.07) is 3.57. The van der Waals surface area contributed by atoms with E-state index in [1.165, 1.54) is 6.92 Å². The molecule has 0 atom stereocenters. The Hall–Kier alpha value is -1.35. The molecule has 0 N–H and O–H groups in total. The molecule has 14 heavy (non-hydrogen) atoms. The van der Waals surface area contributed by atoms with E-state index in [0.717, 1.165) is 11.3 Å². The molecule has 0 aliphatic heterocycles. The van der Waals surface area contributed by atoms with Crippen LogP contribution in [-0.4, -0.2) is 15.2 Å². The molecule has 2 aromatic heterocycles. The van der Waals surface area contributed by atoms with Gasteiger partial charge in [0.2, 0.25) is 0 Å². The van der Waals surface area contributed by atoms with Crippen LogP contribution in [0.2, 0.25) is 5.02 Å². The predicted octanol–water partition coefficient (Wildman–Crippen LogP) is 2.50. The van der Waals surface area contributed by atoms with E-state index >= 15 is 0 Å². The van der Waals surface area contributed by atoms with E-state index in [1.54, 1.807) is 22.7 Å². The zero-order valence-electron chi connectivity index (χ0n) is 7.91. The molecule has 4 heteroatoms. The second-order valence-corrected chi connectivity index (χ2v) is 3.57. The molecule has 72 valence electrons. The molecular formula is C10H9ClN2O. The standard InChI is InChI=1S/C10H9ClN2O/c1-6-8(11)3-4-10-12-5-9(7(2)14)13(6)10/h3-5H,1-2H3. The highest BCUT2D eigenvalue weighted by Crippen LogP contribution is 2.18. The van der Waals surface area contributed by atoms with Crippen molar-refractivity contribution in [3.63, 3.8) is 0 Å². The molecule has 0 aromatic carbocycles. The van der Waals surface area contributed by atoms with Crippen LogP contribution in [0, 0.1) is 6.92 Å². The number of rotatable bonds is 1. The second-order valence-electron chi connectivity index (χ2n) is 3.16. The molecular weight excluding hydrogens is 200 g/mol. The maximum Gasteiger partial charge on any atom is 0.178 e. The quantitative estimate of drug-likeness (QED) is 0.675. The van der Waals surface area contributed by atoms with E-state index in [9.17, 15) is 4.79 Å². The number of hydrogen-bond donors (Lipinski definition) is 0. The van der Waals surface area contributed by atoms with Gasteiger partial charge in [0, 0.05) is 12.6 Å². The minimum absolute atomic E-state index is 0.0112. The van der Waals surface area contributed by atoms with Gasteiger partial charge in [0.15, 0.2) is 5.78 Å². The lowest BCUT2D eigenvalue weighted by Gasteiger charge is -2.04. The van der Waals surface area contributed by atoms with Crippen LogP contribution < -0.4 is 0 Å². The molecule has 0 radical (unpaired) electrons. The number of Topliss-reactive ketones (excluding diaryl/α,β-unsaturated/α-hetero) is 1. The van der Waals surface area contributed by atoms with Crippen LogP contribution in [0.4, 0.5) is 0 Å². The van der Waals surface area contributed by atoms with Crippen molar-refractivity contribution in [3.8, 4) is 0 Å². The highest BCUT2D eigenvalue weighted by Gasteiger charge is 2.10. The van der Waals surface area contributed by atoms with Gasteiger partial charge in [-0.15, -0.1) is 0 Å². The SMILES string of the molecule is CC(=O)c1cnc2ccc(Cl)c(C)n12. The van der Waals surface area contributed by atoms with Gasteiger partial charge in [0.05, 0.1) is 11.2 Å². The molecule has 3 nitrogen and oxygen atoms in total. The third-order valence-corrected chi connectivity index (χ3v) is 2.61. The fourth-order valence-electron chi connectivity index (χ4n) is 1.46. The van der Waals surface area contributed by atoms with Crippen molar-refractivity contribution in [1.82, 2.24) is 9.38 Å². The van der Waals surface area contributed by atoms with Gasteiger partial charge in [-0.2, -0.15) is 0 Å². The van der Waals surface area contributed by atoms with Gasteiger partial charge < -0.3 is 0 Å². The number of aromatic nitrogens is 2. The van der Waals surface area contributed by atoms with Crippen molar-refractivity contribution in [2.24, 2.45) is 0 Å². The fourth-order valence-corrected chi connectivity index (χ4v) is 1.61. The van der Waals surface area contributed by atoms with Crippen LogP contribution in [-0.2, 0) is 0 Å². The van der Waals surface area contributed by atoms with Crippen LogP contribution in [0.1, 0.15) is 23.1 Å². The molecule has 2 heterocycles. The Bertz CT molecular complexity index is 516. The summed E-state index contributed by atoms with van der Waals surface area (Å²) in [5.74, 6) is -0.0112. The summed E-state index contributed by atoms with van der Waals surface area (Å²) in [4.78, 5) is 15.4. The number of carbonyl (C=O) groups excluding carboxylic acids is 1. The van der Waals surface area contributed by atoms with E-state index < -0.39 is 0 Å². The average molecular weight is 209 g/mol. The number of carbonyl (C=O) groups is 1. The largest absolute Gasteiger partial charge is 0.293 e. The van der Waals surface area contributed by atoms with Crippen LogP contribution in [0.25, 0.3) is 5.65 Å². The summed E-state index contributed by atoms with van der Waals surface area (Å²) in [6.07, 6.45) is 1.57. The summed E-state index contributed by atoms with van der Waals surface area (Å²) in [5.41, 5.74) is 2.16. The minimum atomic E-state index is -0.0112.